The number of carbonyl (C=O) groups is 2. The molecule has 0 bridgehead atoms. The van der Waals surface area contributed by atoms with Gasteiger partial charge < -0.3 is 4.74 Å². The first-order chi connectivity index (χ1) is 7.58. The van der Waals surface area contributed by atoms with Crippen LogP contribution in [0.4, 0.5) is 0 Å². The van der Waals surface area contributed by atoms with Gasteiger partial charge in [-0.15, -0.1) is 0 Å². The zero-order chi connectivity index (χ0) is 12.0. The van der Waals surface area contributed by atoms with Crippen LogP contribution in [0.1, 0.15) is 6.42 Å². The van der Waals surface area contributed by atoms with Gasteiger partial charge in [-0.2, -0.15) is 0 Å². The van der Waals surface area contributed by atoms with E-state index in [4.69, 9.17) is 4.74 Å². The number of benzene rings is 1. The van der Waals surface area contributed by atoms with E-state index in [-0.39, 0.29) is 12.2 Å². The number of para-hydroxylation sites is 1. The van der Waals surface area contributed by atoms with Crippen LogP contribution in [-0.4, -0.2) is 11.8 Å². The molecule has 84 valence electrons. The Hall–Kier alpha value is -0.940. The third-order valence-corrected chi connectivity index (χ3v) is 2.02. The second kappa shape index (κ2) is 6.60. The van der Waals surface area contributed by atoms with Gasteiger partial charge in [0.05, 0.1) is 3.39 Å². The normalized spacial score (nSPS) is 9.38. The van der Waals surface area contributed by atoms with Gasteiger partial charge >= 0.3 is 5.97 Å². The smallest absolute Gasteiger partial charge is 0.319 e. The van der Waals surface area contributed by atoms with E-state index < -0.39 is 5.97 Å². The molecule has 0 atom stereocenters. The molecule has 0 saturated heterocycles. The molecule has 0 amide bonds. The summed E-state index contributed by atoms with van der Waals surface area (Å²) < 4.78 is 5.44. The first kappa shape index (κ1) is 13.1. The lowest BCUT2D eigenvalue weighted by atomic mass is 10.3. The number of halogens is 2. The van der Waals surface area contributed by atoms with E-state index in [1.807, 2.05) is 6.07 Å². The van der Waals surface area contributed by atoms with Crippen molar-refractivity contribution < 1.29 is 14.3 Å². The lowest BCUT2D eigenvalue weighted by Crippen LogP contribution is -2.12. The van der Waals surface area contributed by atoms with Crippen LogP contribution in [0, 0.1) is 0 Å². The first-order valence-corrected chi connectivity index (χ1v) is 5.98. The van der Waals surface area contributed by atoms with Crippen molar-refractivity contribution in [2.24, 2.45) is 0 Å². The van der Waals surface area contributed by atoms with Crippen LogP contribution in [0.15, 0.2) is 39.8 Å². The van der Waals surface area contributed by atoms with Gasteiger partial charge in [0.25, 0.3) is 0 Å². The Labute approximate surface area is 110 Å². The van der Waals surface area contributed by atoms with Crippen LogP contribution in [0.25, 0.3) is 0 Å². The Balaban J connectivity index is 2.49. The summed E-state index contributed by atoms with van der Waals surface area (Å²) >= 11 is 6.07. The highest BCUT2D eigenvalue weighted by atomic mass is 79.9. The van der Waals surface area contributed by atoms with E-state index in [0.717, 1.165) is 0 Å². The monoisotopic (exact) mass is 346 g/mol. The van der Waals surface area contributed by atoms with Crippen molar-refractivity contribution in [3.05, 3.63) is 39.8 Å². The Kier molecular flexibility index (Phi) is 5.42. The highest BCUT2D eigenvalue weighted by molar-refractivity contribution is 9.28. The fraction of sp³-hybridized carbons (Fsp3) is 0.0909. The Morgan fingerprint density at radius 1 is 1.19 bits per heavy atom. The van der Waals surface area contributed by atoms with E-state index in [2.05, 4.69) is 31.9 Å². The van der Waals surface area contributed by atoms with E-state index in [1.54, 1.807) is 24.3 Å². The second-order valence-corrected chi connectivity index (χ2v) is 5.64. The summed E-state index contributed by atoms with van der Waals surface area (Å²) in [6, 6.07) is 8.61. The fourth-order valence-electron chi connectivity index (χ4n) is 0.971. The first-order valence-electron chi connectivity index (χ1n) is 4.39. The highest BCUT2D eigenvalue weighted by Crippen LogP contribution is 2.14. The van der Waals surface area contributed by atoms with Gasteiger partial charge in [0, 0.05) is 6.08 Å². The Bertz CT molecular complexity index is 408. The van der Waals surface area contributed by atoms with Crippen LogP contribution in [0.3, 0.4) is 0 Å². The Morgan fingerprint density at radius 3 is 2.38 bits per heavy atom. The van der Waals surface area contributed by atoms with Crippen LogP contribution < -0.4 is 4.74 Å². The predicted octanol–water partition coefficient (Wildman–Crippen LogP) is 3.18. The van der Waals surface area contributed by atoms with Crippen molar-refractivity contribution in [2.75, 3.05) is 0 Å². The molecule has 0 aliphatic carbocycles. The molecule has 0 fully saturated rings. The third-order valence-electron chi connectivity index (χ3n) is 1.56. The summed E-state index contributed by atoms with van der Waals surface area (Å²) in [5.74, 6) is -0.472. The minimum absolute atomic E-state index is 0.282. The molecule has 0 N–H and O–H groups in total. The fourth-order valence-corrected chi connectivity index (χ4v) is 1.48. The molecule has 0 heterocycles. The number of rotatable bonds is 4. The number of ketones is 1. The summed E-state index contributed by atoms with van der Waals surface area (Å²) in [7, 11) is 0. The minimum atomic E-state index is -0.575. The maximum absolute atomic E-state index is 11.3. The van der Waals surface area contributed by atoms with E-state index in [0.29, 0.717) is 9.14 Å². The van der Waals surface area contributed by atoms with E-state index >= 15 is 0 Å². The minimum Gasteiger partial charge on any atom is -0.426 e. The standard InChI is InChI=1S/C11H8Br2O3/c12-10(13)6-8(14)7-11(15)16-9-4-2-1-3-5-9/h1-6H,7H2. The lowest BCUT2D eigenvalue weighted by Gasteiger charge is -2.01. The van der Waals surface area contributed by atoms with Gasteiger partial charge in [-0.1, -0.05) is 18.2 Å². The average Bonchev–Trinajstić information content (AvgIpc) is 2.17. The predicted molar refractivity (Wildman–Crippen MR) is 67.6 cm³/mol. The Morgan fingerprint density at radius 2 is 1.81 bits per heavy atom. The maximum atomic E-state index is 11.3. The van der Waals surface area contributed by atoms with Crippen molar-refractivity contribution in [3.63, 3.8) is 0 Å². The molecule has 0 unspecified atom stereocenters. The van der Waals surface area contributed by atoms with Crippen LogP contribution in [0.2, 0.25) is 0 Å². The topological polar surface area (TPSA) is 43.4 Å². The molecule has 3 nitrogen and oxygen atoms in total. The van der Waals surface area contributed by atoms with Crippen molar-refractivity contribution >= 4 is 43.6 Å². The molecule has 1 rings (SSSR count). The molecule has 0 saturated carbocycles. The number of carbonyl (C=O) groups excluding carboxylic acids is 2. The molecule has 0 radical (unpaired) electrons. The number of esters is 1. The molecule has 1 aromatic rings. The molecule has 1 aromatic carbocycles. The van der Waals surface area contributed by atoms with Crippen LogP contribution in [0.5, 0.6) is 5.75 Å². The van der Waals surface area contributed by atoms with Gasteiger partial charge in [0.2, 0.25) is 0 Å². The SMILES string of the molecule is O=C(C=C(Br)Br)CC(=O)Oc1ccccc1. The number of allylic oxidation sites excluding steroid dienone is 1. The number of hydrogen-bond acceptors (Lipinski definition) is 3. The molecule has 0 spiro atoms. The average molecular weight is 348 g/mol. The second-order valence-electron chi connectivity index (χ2n) is 2.86. The van der Waals surface area contributed by atoms with Crippen LogP contribution >= 0.6 is 31.9 Å². The van der Waals surface area contributed by atoms with Gasteiger partial charge in [-0.25, -0.2) is 0 Å². The molecule has 16 heavy (non-hydrogen) atoms. The number of ether oxygens (including phenoxy) is 1. The van der Waals surface area contributed by atoms with Crippen molar-refractivity contribution in [1.29, 1.82) is 0 Å². The zero-order valence-electron chi connectivity index (χ0n) is 8.15. The highest BCUT2D eigenvalue weighted by Gasteiger charge is 2.09. The molecule has 0 aliphatic rings. The quantitative estimate of drug-likeness (QED) is 0.363. The van der Waals surface area contributed by atoms with E-state index in [9.17, 15) is 9.59 Å². The largest absolute Gasteiger partial charge is 0.426 e. The molecule has 0 aromatic heterocycles. The van der Waals surface area contributed by atoms with Gasteiger partial charge in [-0.3, -0.25) is 9.59 Å². The van der Waals surface area contributed by atoms with Crippen molar-refractivity contribution in [2.45, 2.75) is 6.42 Å². The van der Waals surface area contributed by atoms with Crippen molar-refractivity contribution in [3.8, 4) is 5.75 Å². The summed E-state index contributed by atoms with van der Waals surface area (Å²) in [4.78, 5) is 22.5. The molecular weight excluding hydrogens is 340 g/mol. The zero-order valence-corrected chi connectivity index (χ0v) is 11.3. The van der Waals surface area contributed by atoms with Crippen molar-refractivity contribution in [1.82, 2.24) is 0 Å². The maximum Gasteiger partial charge on any atom is 0.319 e. The summed E-state index contributed by atoms with van der Waals surface area (Å²) in [5, 5.41) is 0. The van der Waals surface area contributed by atoms with E-state index in [1.165, 1.54) is 6.08 Å². The molecular formula is C11H8Br2O3. The van der Waals surface area contributed by atoms with Gasteiger partial charge in [-0.05, 0) is 44.0 Å². The van der Waals surface area contributed by atoms with Gasteiger partial charge in [0.15, 0.2) is 5.78 Å². The summed E-state index contributed by atoms with van der Waals surface area (Å²) in [6.45, 7) is 0. The van der Waals surface area contributed by atoms with Crippen LogP contribution in [-0.2, 0) is 9.59 Å². The summed E-state index contributed by atoms with van der Waals surface area (Å²) in [6.07, 6.45) is 0.988. The molecule has 5 heteroatoms. The molecule has 0 aliphatic heterocycles. The third kappa shape index (κ3) is 5.23. The van der Waals surface area contributed by atoms with Gasteiger partial charge in [0.1, 0.15) is 12.2 Å². The lowest BCUT2D eigenvalue weighted by molar-refractivity contribution is -0.136. The number of hydrogen-bond donors (Lipinski definition) is 0. The summed E-state index contributed by atoms with van der Waals surface area (Å²) in [5.41, 5.74) is 0.